The molecule has 2 atom stereocenters. The van der Waals surface area contributed by atoms with Crippen molar-refractivity contribution >= 4 is 23.5 Å². The number of rotatable bonds is 5. The van der Waals surface area contributed by atoms with E-state index in [9.17, 15) is 9.90 Å². The van der Waals surface area contributed by atoms with Crippen LogP contribution < -0.4 is 10.2 Å². The first kappa shape index (κ1) is 19.6. The molecule has 1 aliphatic heterocycles. The van der Waals surface area contributed by atoms with Crippen LogP contribution in [0.3, 0.4) is 0 Å². The Kier molecular flexibility index (Phi) is 5.16. The van der Waals surface area contributed by atoms with E-state index in [0.717, 1.165) is 47.8 Å². The van der Waals surface area contributed by atoms with Gasteiger partial charge in [0.25, 0.3) is 0 Å². The van der Waals surface area contributed by atoms with Crippen LogP contribution >= 0.6 is 0 Å². The van der Waals surface area contributed by atoms with Crippen LogP contribution in [0.15, 0.2) is 6.07 Å². The molecule has 2 aliphatic rings. The highest BCUT2D eigenvalue weighted by Gasteiger charge is 2.39. The topological polar surface area (TPSA) is 110 Å². The van der Waals surface area contributed by atoms with Gasteiger partial charge in [-0.05, 0) is 25.2 Å². The molecule has 2 aromatic rings. The van der Waals surface area contributed by atoms with Gasteiger partial charge in [-0.25, -0.2) is 4.98 Å². The number of aryl methyl sites for hydroxylation is 1. The second-order valence-electron chi connectivity index (χ2n) is 8.43. The molecule has 2 aromatic heterocycles. The SMILES string of the molecule is CC(C)c1cc(Nc2nc(N3C[C@H](O)C[C@H]3C(=O)N(C)C)nc3c2CCC3)n[nH]1. The van der Waals surface area contributed by atoms with Gasteiger partial charge in [0.05, 0.1) is 11.8 Å². The molecule has 156 valence electrons. The molecule has 0 aromatic carbocycles. The summed E-state index contributed by atoms with van der Waals surface area (Å²) in [5, 5.41) is 21.0. The maximum Gasteiger partial charge on any atom is 0.244 e. The molecule has 1 amide bonds. The van der Waals surface area contributed by atoms with Crippen LogP contribution in [0, 0.1) is 0 Å². The summed E-state index contributed by atoms with van der Waals surface area (Å²) >= 11 is 0. The van der Waals surface area contributed by atoms with Gasteiger partial charge in [0, 0.05) is 44.4 Å². The first-order valence-electron chi connectivity index (χ1n) is 10.2. The van der Waals surface area contributed by atoms with E-state index in [0.29, 0.717) is 24.8 Å². The third-order valence-corrected chi connectivity index (χ3v) is 5.65. The molecule has 3 heterocycles. The van der Waals surface area contributed by atoms with Gasteiger partial charge in [-0.3, -0.25) is 9.89 Å². The van der Waals surface area contributed by atoms with Crippen LogP contribution in [-0.4, -0.2) is 68.9 Å². The number of H-pyrrole nitrogens is 1. The number of aromatic nitrogens is 4. The number of nitrogens with one attached hydrogen (secondary N) is 2. The molecular weight excluding hydrogens is 370 g/mol. The van der Waals surface area contributed by atoms with Gasteiger partial charge >= 0.3 is 0 Å². The normalized spacial score (nSPS) is 21.0. The van der Waals surface area contributed by atoms with E-state index >= 15 is 0 Å². The number of β-amino-alcohol motifs (C(OH)–C–C–N with tert-alkyl or cyclic N) is 1. The number of hydrogen-bond acceptors (Lipinski definition) is 7. The fourth-order valence-corrected chi connectivity index (χ4v) is 4.04. The van der Waals surface area contributed by atoms with Gasteiger partial charge < -0.3 is 20.2 Å². The van der Waals surface area contributed by atoms with Crippen LogP contribution in [-0.2, 0) is 17.6 Å². The molecule has 9 heteroatoms. The van der Waals surface area contributed by atoms with Crippen molar-refractivity contribution in [2.24, 2.45) is 0 Å². The second kappa shape index (κ2) is 7.62. The smallest absolute Gasteiger partial charge is 0.244 e. The summed E-state index contributed by atoms with van der Waals surface area (Å²) in [6.45, 7) is 4.57. The predicted molar refractivity (Wildman–Crippen MR) is 110 cm³/mol. The monoisotopic (exact) mass is 399 g/mol. The summed E-state index contributed by atoms with van der Waals surface area (Å²) < 4.78 is 0. The van der Waals surface area contributed by atoms with Crippen LogP contribution in [0.4, 0.5) is 17.6 Å². The molecule has 0 radical (unpaired) electrons. The molecule has 0 spiro atoms. The molecular formula is C20H29N7O2. The highest BCUT2D eigenvalue weighted by Crippen LogP contribution is 2.33. The third-order valence-electron chi connectivity index (χ3n) is 5.65. The lowest BCUT2D eigenvalue weighted by Gasteiger charge is -2.26. The lowest BCUT2D eigenvalue weighted by Crippen LogP contribution is -2.43. The van der Waals surface area contributed by atoms with Crippen molar-refractivity contribution in [1.82, 2.24) is 25.1 Å². The number of carbonyl (C=O) groups excluding carboxylic acids is 1. The largest absolute Gasteiger partial charge is 0.391 e. The molecule has 9 nitrogen and oxygen atoms in total. The number of aliphatic hydroxyl groups excluding tert-OH is 1. The van der Waals surface area contributed by atoms with Gasteiger partial charge in [-0.15, -0.1) is 0 Å². The van der Waals surface area contributed by atoms with Gasteiger partial charge in [-0.2, -0.15) is 10.1 Å². The fraction of sp³-hybridized carbons (Fsp3) is 0.600. The molecule has 1 aliphatic carbocycles. The van der Waals surface area contributed by atoms with Gasteiger partial charge in [0.1, 0.15) is 11.9 Å². The molecule has 1 fully saturated rings. The van der Waals surface area contributed by atoms with Gasteiger partial charge in [0.2, 0.25) is 11.9 Å². The molecule has 1 saturated heterocycles. The first-order valence-corrected chi connectivity index (χ1v) is 10.2. The Balaban J connectivity index is 1.68. The highest BCUT2D eigenvalue weighted by atomic mass is 16.3. The number of amides is 1. The van der Waals surface area contributed by atoms with Gasteiger partial charge in [0.15, 0.2) is 5.82 Å². The van der Waals surface area contributed by atoms with Crippen LogP contribution in [0.2, 0.25) is 0 Å². The number of fused-ring (bicyclic) bond motifs is 1. The maximum atomic E-state index is 12.6. The van der Waals surface area contributed by atoms with E-state index in [1.165, 1.54) is 0 Å². The average Bonchev–Trinajstić information content (AvgIpc) is 3.39. The number of aromatic amines is 1. The Morgan fingerprint density at radius 3 is 2.83 bits per heavy atom. The summed E-state index contributed by atoms with van der Waals surface area (Å²) in [5.74, 6) is 2.25. The highest BCUT2D eigenvalue weighted by molar-refractivity contribution is 5.85. The Bertz CT molecular complexity index is 908. The fourth-order valence-electron chi connectivity index (χ4n) is 4.04. The van der Waals surface area contributed by atoms with E-state index in [1.54, 1.807) is 19.0 Å². The summed E-state index contributed by atoms with van der Waals surface area (Å²) in [6.07, 6.45) is 2.65. The van der Waals surface area contributed by atoms with Crippen LogP contribution in [0.1, 0.15) is 49.6 Å². The number of hydrogen-bond donors (Lipinski definition) is 3. The minimum atomic E-state index is -0.572. The summed E-state index contributed by atoms with van der Waals surface area (Å²) in [7, 11) is 3.46. The number of nitrogens with zero attached hydrogens (tertiary/aromatic N) is 5. The van der Waals surface area contributed by atoms with Crippen molar-refractivity contribution in [1.29, 1.82) is 0 Å². The summed E-state index contributed by atoms with van der Waals surface area (Å²) in [5.41, 5.74) is 3.17. The van der Waals surface area contributed by atoms with Crippen molar-refractivity contribution in [3.63, 3.8) is 0 Å². The number of likely N-dealkylation sites (N-methyl/N-ethyl adjacent to an activating group) is 1. The van der Waals surface area contributed by atoms with E-state index in [4.69, 9.17) is 9.97 Å². The predicted octanol–water partition coefficient (Wildman–Crippen LogP) is 1.58. The van der Waals surface area contributed by atoms with Gasteiger partial charge in [-0.1, -0.05) is 13.8 Å². The zero-order chi connectivity index (χ0) is 20.7. The number of carbonyl (C=O) groups is 1. The molecule has 0 bridgehead atoms. The molecule has 0 saturated carbocycles. The molecule has 0 unspecified atom stereocenters. The lowest BCUT2D eigenvalue weighted by atomic mass is 10.1. The van der Waals surface area contributed by atoms with Crippen molar-refractivity contribution in [2.75, 3.05) is 30.9 Å². The van der Waals surface area contributed by atoms with Crippen molar-refractivity contribution in [3.8, 4) is 0 Å². The van der Waals surface area contributed by atoms with Crippen molar-refractivity contribution in [3.05, 3.63) is 23.0 Å². The molecule has 4 rings (SSSR count). The summed E-state index contributed by atoms with van der Waals surface area (Å²) in [6, 6.07) is 1.54. The Labute approximate surface area is 170 Å². The zero-order valence-corrected chi connectivity index (χ0v) is 17.4. The van der Waals surface area contributed by atoms with E-state index < -0.39 is 12.1 Å². The average molecular weight is 399 g/mol. The quantitative estimate of drug-likeness (QED) is 0.700. The Morgan fingerprint density at radius 1 is 1.34 bits per heavy atom. The standard InChI is InChI=1S/C20H29N7O2/c1-11(2)15-9-17(25-24-15)22-18-13-6-5-7-14(13)21-20(23-18)27-10-12(28)8-16(27)19(29)26(3)4/h9,11-12,16,28H,5-8,10H2,1-4H3,(H2,21,22,23,24,25)/t12-,16+/m1/s1. The Hall–Kier alpha value is -2.68. The second-order valence-corrected chi connectivity index (χ2v) is 8.43. The first-order chi connectivity index (χ1) is 13.8. The number of anilines is 3. The van der Waals surface area contributed by atoms with Crippen molar-refractivity contribution < 1.29 is 9.90 Å². The number of aliphatic hydroxyl groups is 1. The van der Waals surface area contributed by atoms with Crippen LogP contribution in [0.5, 0.6) is 0 Å². The van der Waals surface area contributed by atoms with E-state index in [2.05, 4.69) is 29.4 Å². The minimum absolute atomic E-state index is 0.0472. The zero-order valence-electron chi connectivity index (χ0n) is 17.4. The third kappa shape index (κ3) is 3.78. The maximum absolute atomic E-state index is 12.6. The summed E-state index contributed by atoms with van der Waals surface area (Å²) in [4.78, 5) is 25.6. The minimum Gasteiger partial charge on any atom is -0.391 e. The molecule has 3 N–H and O–H groups in total. The lowest BCUT2D eigenvalue weighted by molar-refractivity contribution is -0.130. The van der Waals surface area contributed by atoms with E-state index in [1.807, 2.05) is 11.0 Å². The Morgan fingerprint density at radius 2 is 2.14 bits per heavy atom. The van der Waals surface area contributed by atoms with Crippen LogP contribution in [0.25, 0.3) is 0 Å². The van der Waals surface area contributed by atoms with Crippen molar-refractivity contribution in [2.45, 2.75) is 57.6 Å². The molecule has 29 heavy (non-hydrogen) atoms. The van der Waals surface area contributed by atoms with E-state index in [-0.39, 0.29) is 5.91 Å².